The molecule has 1 atom stereocenters. The number of halogens is 3. The Kier molecular flexibility index (Phi) is 3.87. The number of fused-ring (bicyclic) bond motifs is 1. The van der Waals surface area contributed by atoms with Gasteiger partial charge in [-0.05, 0) is 12.1 Å². The lowest BCUT2D eigenvalue weighted by molar-refractivity contribution is -0.120. The summed E-state index contributed by atoms with van der Waals surface area (Å²) in [7, 11) is 0. The first-order valence-corrected chi connectivity index (χ1v) is 5.95. The molecule has 5 nitrogen and oxygen atoms in total. The van der Waals surface area contributed by atoms with Gasteiger partial charge in [-0.2, -0.15) is 13.2 Å². The molecule has 0 radical (unpaired) electrons. The second-order valence-corrected chi connectivity index (χ2v) is 4.50. The molecule has 110 valence electrons. The van der Waals surface area contributed by atoms with Crippen LogP contribution in [0, 0.1) is 0 Å². The van der Waals surface area contributed by atoms with Gasteiger partial charge in [0.2, 0.25) is 5.91 Å². The van der Waals surface area contributed by atoms with Crippen molar-refractivity contribution in [3.05, 3.63) is 23.8 Å². The normalized spacial score (nSPS) is 17.9. The Morgan fingerprint density at radius 3 is 2.70 bits per heavy atom. The first-order chi connectivity index (χ1) is 9.31. The Labute approximate surface area is 113 Å². The largest absolute Gasteiger partial charge is 0.405 e. The summed E-state index contributed by atoms with van der Waals surface area (Å²) in [6, 6.07) is 3.61. The van der Waals surface area contributed by atoms with E-state index in [0.29, 0.717) is 11.3 Å². The van der Waals surface area contributed by atoms with Gasteiger partial charge in [-0.15, -0.1) is 0 Å². The summed E-state index contributed by atoms with van der Waals surface area (Å²) in [6.45, 7) is -1.73. The molecule has 1 amide bonds. The highest BCUT2D eigenvalue weighted by Crippen LogP contribution is 2.33. The molecular weight excluding hydrogens is 275 g/mol. The highest BCUT2D eigenvalue weighted by Gasteiger charge is 2.32. The fourth-order valence-electron chi connectivity index (χ4n) is 2.11. The van der Waals surface area contributed by atoms with E-state index in [-0.39, 0.29) is 18.1 Å². The smallest absolute Gasteiger partial charge is 0.395 e. The van der Waals surface area contributed by atoms with Crippen molar-refractivity contribution in [2.45, 2.75) is 12.2 Å². The standard InChI is InChI=1S/C12H14F3N3O2/c13-12(14,15)6-18(3-4-19)7-1-2-8-9(5-7)17-11(20)10(8)16/h1-2,5,10,19H,3-4,6,16H2,(H,17,20). The Bertz CT molecular complexity index is 519. The summed E-state index contributed by atoms with van der Waals surface area (Å²) in [5.41, 5.74) is 6.86. The van der Waals surface area contributed by atoms with Gasteiger partial charge in [0.05, 0.1) is 6.61 Å². The van der Waals surface area contributed by atoms with Gasteiger partial charge in [-0.25, -0.2) is 0 Å². The average Bonchev–Trinajstić information content (AvgIpc) is 2.62. The minimum Gasteiger partial charge on any atom is -0.395 e. The maximum absolute atomic E-state index is 12.5. The number of rotatable bonds is 4. The van der Waals surface area contributed by atoms with E-state index >= 15 is 0 Å². The third-order valence-electron chi connectivity index (χ3n) is 3.02. The first kappa shape index (κ1) is 14.6. The predicted molar refractivity (Wildman–Crippen MR) is 67.4 cm³/mol. The van der Waals surface area contributed by atoms with Gasteiger partial charge in [0.25, 0.3) is 0 Å². The van der Waals surface area contributed by atoms with Crippen molar-refractivity contribution in [2.75, 3.05) is 29.9 Å². The van der Waals surface area contributed by atoms with Gasteiger partial charge in [-0.3, -0.25) is 4.79 Å². The molecule has 20 heavy (non-hydrogen) atoms. The van der Waals surface area contributed by atoms with E-state index in [1.807, 2.05) is 0 Å². The number of nitrogens with two attached hydrogens (primary N) is 1. The van der Waals surface area contributed by atoms with Gasteiger partial charge in [0.15, 0.2) is 0 Å². The third kappa shape index (κ3) is 3.02. The molecule has 1 aliphatic rings. The van der Waals surface area contributed by atoms with Crippen LogP contribution in [0.1, 0.15) is 11.6 Å². The molecule has 0 aliphatic carbocycles. The molecule has 8 heteroatoms. The molecule has 0 saturated carbocycles. The zero-order valence-corrected chi connectivity index (χ0v) is 10.4. The van der Waals surface area contributed by atoms with Crippen molar-refractivity contribution < 1.29 is 23.1 Å². The van der Waals surface area contributed by atoms with Crippen LogP contribution in [0.25, 0.3) is 0 Å². The van der Waals surface area contributed by atoms with Crippen LogP contribution in [0.5, 0.6) is 0 Å². The molecule has 4 N–H and O–H groups in total. The molecular formula is C12H14F3N3O2. The van der Waals surface area contributed by atoms with Crippen molar-refractivity contribution in [3.63, 3.8) is 0 Å². The predicted octanol–water partition coefficient (Wildman–Crippen LogP) is 0.999. The molecule has 1 aromatic rings. The summed E-state index contributed by atoms with van der Waals surface area (Å²) in [5.74, 6) is -0.387. The van der Waals surface area contributed by atoms with Crippen LogP contribution < -0.4 is 16.0 Å². The molecule has 1 aliphatic heterocycles. The number of benzene rings is 1. The van der Waals surface area contributed by atoms with Crippen molar-refractivity contribution in [1.29, 1.82) is 0 Å². The lowest BCUT2D eigenvalue weighted by Crippen LogP contribution is -2.36. The van der Waals surface area contributed by atoms with Gasteiger partial charge in [0, 0.05) is 23.5 Å². The van der Waals surface area contributed by atoms with E-state index in [0.717, 1.165) is 4.90 Å². The molecule has 1 aromatic carbocycles. The van der Waals surface area contributed by atoms with Crippen molar-refractivity contribution in [2.24, 2.45) is 5.73 Å². The number of carbonyl (C=O) groups excluding carboxylic acids is 1. The molecule has 0 saturated heterocycles. The fraction of sp³-hybridized carbons (Fsp3) is 0.417. The maximum atomic E-state index is 12.5. The average molecular weight is 289 g/mol. The summed E-state index contributed by atoms with van der Waals surface area (Å²) in [6.07, 6.45) is -4.38. The van der Waals surface area contributed by atoms with E-state index in [9.17, 15) is 18.0 Å². The Morgan fingerprint density at radius 1 is 1.40 bits per heavy atom. The topological polar surface area (TPSA) is 78.6 Å². The number of amides is 1. The molecule has 0 spiro atoms. The van der Waals surface area contributed by atoms with E-state index < -0.39 is 25.4 Å². The number of hydrogen-bond acceptors (Lipinski definition) is 4. The summed E-state index contributed by atoms with van der Waals surface area (Å²) < 4.78 is 37.5. The minimum absolute atomic E-state index is 0.154. The van der Waals surface area contributed by atoms with Crippen LogP contribution in [0.4, 0.5) is 24.5 Å². The van der Waals surface area contributed by atoms with Gasteiger partial charge in [-0.1, -0.05) is 6.07 Å². The van der Waals surface area contributed by atoms with Crippen LogP contribution in [0.3, 0.4) is 0 Å². The number of hydrogen-bond donors (Lipinski definition) is 3. The highest BCUT2D eigenvalue weighted by atomic mass is 19.4. The number of anilines is 2. The quantitative estimate of drug-likeness (QED) is 0.772. The number of aliphatic hydroxyl groups excluding tert-OH is 1. The van der Waals surface area contributed by atoms with Crippen LogP contribution >= 0.6 is 0 Å². The van der Waals surface area contributed by atoms with E-state index in [2.05, 4.69) is 5.32 Å². The number of carbonyl (C=O) groups is 1. The molecule has 1 heterocycles. The summed E-state index contributed by atoms with van der Waals surface area (Å²) >= 11 is 0. The SMILES string of the molecule is NC1C(=O)Nc2cc(N(CCO)CC(F)(F)F)ccc21. The summed E-state index contributed by atoms with van der Waals surface area (Å²) in [4.78, 5) is 12.4. The number of nitrogens with zero attached hydrogens (tertiary/aromatic N) is 1. The summed E-state index contributed by atoms with van der Waals surface area (Å²) in [5, 5.41) is 11.4. The van der Waals surface area contributed by atoms with E-state index in [1.165, 1.54) is 18.2 Å². The zero-order chi connectivity index (χ0) is 14.9. The number of alkyl halides is 3. The number of aliphatic hydroxyl groups is 1. The van der Waals surface area contributed by atoms with Crippen molar-refractivity contribution >= 4 is 17.3 Å². The van der Waals surface area contributed by atoms with Crippen molar-refractivity contribution in [3.8, 4) is 0 Å². The van der Waals surface area contributed by atoms with Crippen LogP contribution in [0.15, 0.2) is 18.2 Å². The van der Waals surface area contributed by atoms with Crippen LogP contribution in [-0.4, -0.2) is 36.9 Å². The van der Waals surface area contributed by atoms with E-state index in [1.54, 1.807) is 0 Å². The van der Waals surface area contributed by atoms with E-state index in [4.69, 9.17) is 10.8 Å². The Hall–Kier alpha value is -1.80. The van der Waals surface area contributed by atoms with Gasteiger partial charge >= 0.3 is 6.18 Å². The monoisotopic (exact) mass is 289 g/mol. The van der Waals surface area contributed by atoms with Gasteiger partial charge in [0.1, 0.15) is 12.6 Å². The van der Waals surface area contributed by atoms with Crippen molar-refractivity contribution in [1.82, 2.24) is 0 Å². The molecule has 0 aromatic heterocycles. The first-order valence-electron chi connectivity index (χ1n) is 5.95. The second kappa shape index (κ2) is 5.29. The third-order valence-corrected chi connectivity index (χ3v) is 3.02. The number of nitrogens with one attached hydrogen (secondary N) is 1. The van der Waals surface area contributed by atoms with Gasteiger partial charge < -0.3 is 21.1 Å². The Balaban J connectivity index is 2.27. The van der Waals surface area contributed by atoms with Crippen LogP contribution in [0.2, 0.25) is 0 Å². The molecule has 0 bridgehead atoms. The maximum Gasteiger partial charge on any atom is 0.405 e. The molecule has 1 unspecified atom stereocenters. The van der Waals surface area contributed by atoms with Crippen LogP contribution in [-0.2, 0) is 4.79 Å². The lowest BCUT2D eigenvalue weighted by atomic mass is 10.1. The molecule has 2 rings (SSSR count). The second-order valence-electron chi connectivity index (χ2n) is 4.50. The lowest BCUT2D eigenvalue weighted by Gasteiger charge is -2.25. The minimum atomic E-state index is -4.38. The Morgan fingerprint density at radius 2 is 2.10 bits per heavy atom. The highest BCUT2D eigenvalue weighted by molar-refractivity contribution is 6.02. The fourth-order valence-corrected chi connectivity index (χ4v) is 2.11. The molecule has 0 fully saturated rings. The zero-order valence-electron chi connectivity index (χ0n) is 10.4.